The van der Waals surface area contributed by atoms with Crippen LogP contribution in [0.4, 0.5) is 0 Å². The van der Waals surface area contributed by atoms with Crippen LogP contribution in [0, 0.1) is 0 Å². The minimum Gasteiger partial charge on any atom is -0.439 e. The molecule has 1 aromatic heterocycles. The van der Waals surface area contributed by atoms with Gasteiger partial charge in [-0.05, 0) is 23.6 Å². The molecule has 0 aliphatic rings. The van der Waals surface area contributed by atoms with Crippen molar-refractivity contribution in [3.8, 4) is 11.6 Å². The van der Waals surface area contributed by atoms with Crippen molar-refractivity contribution in [2.24, 2.45) is 0 Å². The maximum atomic E-state index is 9.05. The van der Waals surface area contributed by atoms with E-state index in [1.54, 1.807) is 12.1 Å². The van der Waals surface area contributed by atoms with Crippen LogP contribution in [0.15, 0.2) is 42.5 Å². The summed E-state index contributed by atoms with van der Waals surface area (Å²) < 4.78 is 5.79. The smallest absolute Gasteiger partial charge is 0.219 e. The molecule has 0 amide bonds. The first-order valence-electron chi connectivity index (χ1n) is 6.04. The third kappa shape index (κ3) is 2.87. The Labute approximate surface area is 107 Å². The molecule has 94 valence electrons. The molecule has 18 heavy (non-hydrogen) atoms. The van der Waals surface area contributed by atoms with Crippen molar-refractivity contribution in [3.63, 3.8) is 0 Å². The Hall–Kier alpha value is -1.87. The third-order valence-electron chi connectivity index (χ3n) is 2.70. The fourth-order valence-electron chi connectivity index (χ4n) is 1.77. The number of benzene rings is 1. The lowest BCUT2D eigenvalue weighted by molar-refractivity contribution is 0.275. The summed E-state index contributed by atoms with van der Waals surface area (Å²) in [5.74, 6) is 1.71. The molecule has 1 heterocycles. The number of para-hydroxylation sites is 1. The van der Waals surface area contributed by atoms with Crippen molar-refractivity contribution in [3.05, 3.63) is 53.7 Å². The summed E-state index contributed by atoms with van der Waals surface area (Å²) in [7, 11) is 0. The van der Waals surface area contributed by atoms with Crippen molar-refractivity contribution in [2.45, 2.75) is 26.4 Å². The highest BCUT2D eigenvalue weighted by molar-refractivity contribution is 5.38. The maximum absolute atomic E-state index is 9.05. The quantitative estimate of drug-likeness (QED) is 0.893. The van der Waals surface area contributed by atoms with Crippen LogP contribution >= 0.6 is 0 Å². The van der Waals surface area contributed by atoms with Gasteiger partial charge >= 0.3 is 0 Å². The molecule has 0 atom stereocenters. The summed E-state index contributed by atoms with van der Waals surface area (Å²) >= 11 is 0. The van der Waals surface area contributed by atoms with E-state index in [1.165, 1.54) is 0 Å². The molecule has 0 spiro atoms. The predicted octanol–water partition coefficient (Wildman–Crippen LogP) is 3.49. The van der Waals surface area contributed by atoms with Crippen LogP contribution in [0.2, 0.25) is 0 Å². The molecular weight excluding hydrogens is 226 g/mol. The molecule has 0 saturated carbocycles. The Morgan fingerprint density at radius 2 is 1.89 bits per heavy atom. The first-order chi connectivity index (χ1) is 8.70. The van der Waals surface area contributed by atoms with Crippen LogP contribution in [0.1, 0.15) is 31.0 Å². The monoisotopic (exact) mass is 243 g/mol. The van der Waals surface area contributed by atoms with Gasteiger partial charge in [0.1, 0.15) is 5.75 Å². The Morgan fingerprint density at radius 3 is 2.61 bits per heavy atom. The topological polar surface area (TPSA) is 42.4 Å². The fraction of sp³-hybridized carbons (Fsp3) is 0.267. The van der Waals surface area contributed by atoms with Crippen LogP contribution in [-0.4, -0.2) is 10.1 Å². The number of aromatic nitrogens is 1. The second-order valence-electron chi connectivity index (χ2n) is 4.42. The summed E-state index contributed by atoms with van der Waals surface area (Å²) in [6.07, 6.45) is 0. The summed E-state index contributed by atoms with van der Waals surface area (Å²) in [5, 5.41) is 9.05. The van der Waals surface area contributed by atoms with Crippen LogP contribution in [-0.2, 0) is 6.61 Å². The molecule has 3 nitrogen and oxygen atoms in total. The minimum absolute atomic E-state index is 0.0803. The van der Waals surface area contributed by atoms with Gasteiger partial charge in [-0.2, -0.15) is 0 Å². The summed E-state index contributed by atoms with van der Waals surface area (Å²) in [6.45, 7) is 4.17. The fourth-order valence-corrected chi connectivity index (χ4v) is 1.77. The van der Waals surface area contributed by atoms with E-state index in [2.05, 4.69) is 24.9 Å². The first kappa shape index (κ1) is 12.6. The largest absolute Gasteiger partial charge is 0.439 e. The zero-order chi connectivity index (χ0) is 13.0. The molecule has 0 aliphatic heterocycles. The van der Waals surface area contributed by atoms with Crippen molar-refractivity contribution in [2.75, 3.05) is 0 Å². The summed E-state index contributed by atoms with van der Waals surface area (Å²) in [5.41, 5.74) is 1.75. The average molecular weight is 243 g/mol. The highest BCUT2D eigenvalue weighted by Crippen LogP contribution is 2.29. The number of aliphatic hydroxyl groups excluding tert-OH is 1. The summed E-state index contributed by atoms with van der Waals surface area (Å²) in [4.78, 5) is 4.21. The first-order valence-corrected chi connectivity index (χ1v) is 6.04. The standard InChI is InChI=1S/C15H17NO2/c1-11(2)13-7-3-4-8-14(13)18-15-9-5-6-12(10-17)16-15/h3-9,11,17H,10H2,1-2H3. The van der Waals surface area contributed by atoms with E-state index < -0.39 is 0 Å². The van der Waals surface area contributed by atoms with Gasteiger partial charge in [-0.25, -0.2) is 4.98 Å². The van der Waals surface area contributed by atoms with Gasteiger partial charge in [-0.1, -0.05) is 38.1 Å². The zero-order valence-corrected chi connectivity index (χ0v) is 10.6. The van der Waals surface area contributed by atoms with Gasteiger partial charge in [0.2, 0.25) is 5.88 Å². The lowest BCUT2D eigenvalue weighted by Gasteiger charge is -2.13. The molecule has 0 bridgehead atoms. The van der Waals surface area contributed by atoms with E-state index in [1.807, 2.05) is 24.3 Å². The van der Waals surface area contributed by atoms with Crippen LogP contribution in [0.25, 0.3) is 0 Å². The molecule has 3 heteroatoms. The predicted molar refractivity (Wildman–Crippen MR) is 70.8 cm³/mol. The molecule has 0 saturated heterocycles. The Kier molecular flexibility index (Phi) is 3.95. The van der Waals surface area contributed by atoms with E-state index >= 15 is 0 Å². The van der Waals surface area contributed by atoms with Crippen molar-refractivity contribution in [1.82, 2.24) is 4.98 Å². The van der Waals surface area contributed by atoms with Gasteiger partial charge in [0.25, 0.3) is 0 Å². The van der Waals surface area contributed by atoms with Gasteiger partial charge in [-0.15, -0.1) is 0 Å². The number of pyridine rings is 1. The van der Waals surface area contributed by atoms with Crippen molar-refractivity contribution < 1.29 is 9.84 Å². The minimum atomic E-state index is -0.0803. The zero-order valence-electron chi connectivity index (χ0n) is 10.6. The number of nitrogens with zero attached hydrogens (tertiary/aromatic N) is 1. The molecule has 2 rings (SSSR count). The van der Waals surface area contributed by atoms with Crippen LogP contribution in [0.5, 0.6) is 11.6 Å². The molecule has 1 aromatic carbocycles. The number of hydrogen-bond acceptors (Lipinski definition) is 3. The average Bonchev–Trinajstić information content (AvgIpc) is 2.39. The lowest BCUT2D eigenvalue weighted by atomic mass is 10.0. The SMILES string of the molecule is CC(C)c1ccccc1Oc1cccc(CO)n1. The normalized spacial score (nSPS) is 10.7. The van der Waals surface area contributed by atoms with E-state index in [9.17, 15) is 0 Å². The second kappa shape index (κ2) is 5.65. The Morgan fingerprint density at radius 1 is 1.11 bits per heavy atom. The highest BCUT2D eigenvalue weighted by Gasteiger charge is 2.08. The van der Waals surface area contributed by atoms with E-state index in [-0.39, 0.29) is 6.61 Å². The highest BCUT2D eigenvalue weighted by atomic mass is 16.5. The third-order valence-corrected chi connectivity index (χ3v) is 2.70. The molecule has 1 N–H and O–H groups in total. The van der Waals surface area contributed by atoms with Crippen molar-refractivity contribution >= 4 is 0 Å². The van der Waals surface area contributed by atoms with Crippen molar-refractivity contribution in [1.29, 1.82) is 0 Å². The van der Waals surface area contributed by atoms with Gasteiger partial charge in [0.05, 0.1) is 12.3 Å². The lowest BCUT2D eigenvalue weighted by Crippen LogP contribution is -1.96. The number of rotatable bonds is 4. The molecule has 0 unspecified atom stereocenters. The van der Waals surface area contributed by atoms with Gasteiger partial charge < -0.3 is 9.84 Å². The molecule has 0 radical (unpaired) electrons. The molecule has 0 aliphatic carbocycles. The number of hydrogen-bond donors (Lipinski definition) is 1. The second-order valence-corrected chi connectivity index (χ2v) is 4.42. The van der Waals surface area contributed by atoms with Gasteiger partial charge in [-0.3, -0.25) is 0 Å². The molecular formula is C15H17NO2. The van der Waals surface area contributed by atoms with E-state index in [4.69, 9.17) is 9.84 Å². The molecule has 0 fully saturated rings. The van der Waals surface area contributed by atoms with Gasteiger partial charge in [0, 0.05) is 6.07 Å². The van der Waals surface area contributed by atoms with Gasteiger partial charge in [0.15, 0.2) is 0 Å². The van der Waals surface area contributed by atoms with E-state index in [0.717, 1.165) is 11.3 Å². The molecule has 2 aromatic rings. The summed E-state index contributed by atoms with van der Waals surface area (Å²) in [6, 6.07) is 13.3. The Bertz CT molecular complexity index is 523. The van der Waals surface area contributed by atoms with Crippen LogP contribution in [0.3, 0.4) is 0 Å². The van der Waals surface area contributed by atoms with E-state index in [0.29, 0.717) is 17.5 Å². The van der Waals surface area contributed by atoms with Crippen LogP contribution < -0.4 is 4.74 Å². The number of ether oxygens (including phenoxy) is 1. The number of aliphatic hydroxyl groups is 1. The maximum Gasteiger partial charge on any atom is 0.219 e. The Balaban J connectivity index is 2.28.